The Labute approximate surface area is 154 Å². The average Bonchev–Trinajstić information content (AvgIpc) is 2.65. The summed E-state index contributed by atoms with van der Waals surface area (Å²) in [6, 6.07) is 25.7. The first-order chi connectivity index (χ1) is 12.2. The third kappa shape index (κ3) is 3.42. The Kier molecular flexibility index (Phi) is 4.24. The Morgan fingerprint density at radius 1 is 0.760 bits per heavy atom. The van der Waals surface area contributed by atoms with E-state index in [4.69, 9.17) is 4.74 Å². The molecule has 0 aliphatic heterocycles. The van der Waals surface area contributed by atoms with Gasteiger partial charge in [-0.2, -0.15) is 0 Å². The summed E-state index contributed by atoms with van der Waals surface area (Å²) >= 11 is 3.47. The van der Waals surface area contributed by atoms with Crippen LogP contribution in [0.5, 0.6) is 5.75 Å². The first kappa shape index (κ1) is 15.9. The molecule has 0 aliphatic carbocycles. The van der Waals surface area contributed by atoms with Crippen LogP contribution in [0.3, 0.4) is 0 Å². The zero-order valence-electron chi connectivity index (χ0n) is 13.4. The van der Waals surface area contributed by atoms with Gasteiger partial charge in [-0.05, 0) is 51.9 Å². The van der Waals surface area contributed by atoms with E-state index >= 15 is 0 Å². The SMILES string of the molecule is O=C(COc1ccc2cc(Br)ccc2c1)c1ccc2ccccc2c1. The van der Waals surface area contributed by atoms with E-state index in [1.165, 1.54) is 0 Å². The topological polar surface area (TPSA) is 26.3 Å². The fourth-order valence-corrected chi connectivity index (χ4v) is 3.26. The molecule has 4 aromatic carbocycles. The second-order valence-corrected chi connectivity index (χ2v) is 6.84. The molecule has 0 aromatic heterocycles. The van der Waals surface area contributed by atoms with Gasteiger partial charge in [0.15, 0.2) is 12.4 Å². The number of fused-ring (bicyclic) bond motifs is 2. The Bertz CT molecular complexity index is 1090. The molecule has 4 aromatic rings. The van der Waals surface area contributed by atoms with Crippen molar-refractivity contribution >= 4 is 43.3 Å². The molecule has 0 fully saturated rings. The monoisotopic (exact) mass is 390 g/mol. The summed E-state index contributed by atoms with van der Waals surface area (Å²) in [4.78, 5) is 12.4. The predicted molar refractivity (Wildman–Crippen MR) is 105 cm³/mol. The van der Waals surface area contributed by atoms with E-state index in [0.29, 0.717) is 11.3 Å². The van der Waals surface area contributed by atoms with Gasteiger partial charge in [-0.25, -0.2) is 0 Å². The van der Waals surface area contributed by atoms with Crippen LogP contribution >= 0.6 is 15.9 Å². The fourth-order valence-electron chi connectivity index (χ4n) is 2.88. The number of Topliss-reactive ketones (excluding diaryl/α,β-unsaturated/α-hetero) is 1. The highest BCUT2D eigenvalue weighted by atomic mass is 79.9. The minimum absolute atomic E-state index is 0.0262. The Balaban J connectivity index is 1.51. The van der Waals surface area contributed by atoms with Crippen molar-refractivity contribution in [2.45, 2.75) is 0 Å². The number of rotatable bonds is 4. The first-order valence-electron chi connectivity index (χ1n) is 8.03. The molecule has 0 spiro atoms. The van der Waals surface area contributed by atoms with Crippen LogP contribution in [0.4, 0.5) is 0 Å². The van der Waals surface area contributed by atoms with E-state index < -0.39 is 0 Å². The van der Waals surface area contributed by atoms with E-state index in [0.717, 1.165) is 26.0 Å². The van der Waals surface area contributed by atoms with Gasteiger partial charge in [0.05, 0.1) is 0 Å². The highest BCUT2D eigenvalue weighted by molar-refractivity contribution is 9.10. The fraction of sp³-hybridized carbons (Fsp3) is 0.0455. The molecule has 2 nitrogen and oxygen atoms in total. The van der Waals surface area contributed by atoms with Crippen LogP contribution in [0.2, 0.25) is 0 Å². The van der Waals surface area contributed by atoms with Gasteiger partial charge in [-0.3, -0.25) is 4.79 Å². The molecule has 3 heteroatoms. The maximum atomic E-state index is 12.4. The molecule has 0 saturated heterocycles. The van der Waals surface area contributed by atoms with Crippen LogP contribution in [0.1, 0.15) is 10.4 Å². The third-order valence-electron chi connectivity index (χ3n) is 4.22. The second-order valence-electron chi connectivity index (χ2n) is 5.93. The van der Waals surface area contributed by atoms with Gasteiger partial charge in [0, 0.05) is 10.0 Å². The molecule has 0 N–H and O–H groups in total. The summed E-state index contributed by atoms with van der Waals surface area (Å²) in [5, 5.41) is 4.40. The zero-order valence-corrected chi connectivity index (χ0v) is 15.0. The van der Waals surface area contributed by atoms with Crippen molar-refractivity contribution in [1.29, 1.82) is 0 Å². The van der Waals surface area contributed by atoms with Gasteiger partial charge in [-0.1, -0.05) is 64.5 Å². The van der Waals surface area contributed by atoms with E-state index in [9.17, 15) is 4.79 Å². The molecule has 0 unspecified atom stereocenters. The van der Waals surface area contributed by atoms with Crippen molar-refractivity contribution in [1.82, 2.24) is 0 Å². The molecular weight excluding hydrogens is 376 g/mol. The van der Waals surface area contributed by atoms with Crippen LogP contribution < -0.4 is 4.74 Å². The van der Waals surface area contributed by atoms with E-state index in [1.807, 2.05) is 72.8 Å². The summed E-state index contributed by atoms with van der Waals surface area (Å²) in [5.74, 6) is 0.672. The van der Waals surface area contributed by atoms with Gasteiger partial charge >= 0.3 is 0 Å². The third-order valence-corrected chi connectivity index (χ3v) is 4.71. The number of carbonyl (C=O) groups is 1. The van der Waals surface area contributed by atoms with Crippen molar-refractivity contribution in [2.24, 2.45) is 0 Å². The number of hydrogen-bond donors (Lipinski definition) is 0. The lowest BCUT2D eigenvalue weighted by atomic mass is 10.0. The Morgan fingerprint density at radius 2 is 1.44 bits per heavy atom. The maximum absolute atomic E-state index is 12.4. The van der Waals surface area contributed by atoms with Crippen LogP contribution in [-0.4, -0.2) is 12.4 Å². The number of ether oxygens (including phenoxy) is 1. The number of ketones is 1. The lowest BCUT2D eigenvalue weighted by Crippen LogP contribution is -2.11. The lowest BCUT2D eigenvalue weighted by Gasteiger charge is -2.08. The van der Waals surface area contributed by atoms with Gasteiger partial charge < -0.3 is 4.74 Å². The van der Waals surface area contributed by atoms with E-state index in [-0.39, 0.29) is 12.4 Å². The molecule has 0 radical (unpaired) electrons. The normalized spacial score (nSPS) is 10.9. The van der Waals surface area contributed by atoms with Gasteiger partial charge in [0.25, 0.3) is 0 Å². The minimum Gasteiger partial charge on any atom is -0.485 e. The van der Waals surface area contributed by atoms with Crippen LogP contribution in [0.25, 0.3) is 21.5 Å². The Hall–Kier alpha value is -2.65. The number of hydrogen-bond acceptors (Lipinski definition) is 2. The maximum Gasteiger partial charge on any atom is 0.200 e. The van der Waals surface area contributed by atoms with Crippen LogP contribution in [-0.2, 0) is 0 Å². The van der Waals surface area contributed by atoms with Crippen molar-refractivity contribution in [3.8, 4) is 5.75 Å². The second kappa shape index (κ2) is 6.69. The summed E-state index contributed by atoms with van der Waals surface area (Å²) in [6.45, 7) is 0.0281. The summed E-state index contributed by atoms with van der Waals surface area (Å²) in [5.41, 5.74) is 0.670. The zero-order chi connectivity index (χ0) is 17.2. The predicted octanol–water partition coefficient (Wildman–Crippen LogP) is 6.02. The quantitative estimate of drug-likeness (QED) is 0.398. The lowest BCUT2D eigenvalue weighted by molar-refractivity contribution is 0.0922. The summed E-state index contributed by atoms with van der Waals surface area (Å²) in [6.07, 6.45) is 0. The molecule has 4 rings (SSSR count). The minimum atomic E-state index is -0.0262. The molecule has 122 valence electrons. The smallest absolute Gasteiger partial charge is 0.200 e. The van der Waals surface area contributed by atoms with E-state index in [2.05, 4.69) is 22.0 Å². The molecule has 0 amide bonds. The number of carbonyl (C=O) groups excluding carboxylic acids is 1. The molecule has 0 heterocycles. The molecule has 0 atom stereocenters. The number of benzene rings is 4. The molecular formula is C22H15BrO2. The van der Waals surface area contributed by atoms with Gasteiger partial charge in [-0.15, -0.1) is 0 Å². The van der Waals surface area contributed by atoms with Crippen molar-refractivity contribution < 1.29 is 9.53 Å². The highest BCUT2D eigenvalue weighted by Crippen LogP contribution is 2.24. The molecule has 0 aliphatic rings. The standard InChI is InChI=1S/C22H15BrO2/c23-20-9-7-18-13-21(10-8-17(18)12-20)25-14-22(24)19-6-5-15-3-1-2-4-16(15)11-19/h1-13H,14H2. The largest absolute Gasteiger partial charge is 0.485 e. The van der Waals surface area contributed by atoms with Crippen LogP contribution in [0.15, 0.2) is 83.3 Å². The average molecular weight is 391 g/mol. The summed E-state index contributed by atoms with van der Waals surface area (Å²) in [7, 11) is 0. The first-order valence-corrected chi connectivity index (χ1v) is 8.82. The number of halogens is 1. The molecule has 0 bridgehead atoms. The highest BCUT2D eigenvalue weighted by Gasteiger charge is 2.08. The van der Waals surface area contributed by atoms with Gasteiger partial charge in [0.2, 0.25) is 0 Å². The van der Waals surface area contributed by atoms with Gasteiger partial charge in [0.1, 0.15) is 5.75 Å². The van der Waals surface area contributed by atoms with Crippen LogP contribution in [0, 0.1) is 0 Å². The van der Waals surface area contributed by atoms with Crippen molar-refractivity contribution in [3.63, 3.8) is 0 Å². The summed E-state index contributed by atoms with van der Waals surface area (Å²) < 4.78 is 6.75. The molecule has 0 saturated carbocycles. The van der Waals surface area contributed by atoms with E-state index in [1.54, 1.807) is 0 Å². The Morgan fingerprint density at radius 3 is 2.32 bits per heavy atom. The van der Waals surface area contributed by atoms with Crippen molar-refractivity contribution in [3.05, 3.63) is 88.9 Å². The van der Waals surface area contributed by atoms with Crippen molar-refractivity contribution in [2.75, 3.05) is 6.61 Å². The molecule has 25 heavy (non-hydrogen) atoms.